The summed E-state index contributed by atoms with van der Waals surface area (Å²) >= 11 is 13.5. The summed E-state index contributed by atoms with van der Waals surface area (Å²) in [4.78, 5) is 13.3. The van der Waals surface area contributed by atoms with Gasteiger partial charge in [0.05, 0.1) is 21.0 Å². The Morgan fingerprint density at radius 2 is 1.81 bits per heavy atom. The van der Waals surface area contributed by atoms with Crippen LogP contribution in [0.2, 0.25) is 10.0 Å². The first kappa shape index (κ1) is 16.2. The normalized spacial score (nSPS) is 12.0. The van der Waals surface area contributed by atoms with Crippen LogP contribution < -0.4 is 5.32 Å². The molecule has 0 spiro atoms. The molecule has 0 bridgehead atoms. The lowest BCUT2D eigenvalue weighted by molar-refractivity contribution is -0.115. The van der Waals surface area contributed by atoms with Crippen molar-refractivity contribution in [2.24, 2.45) is 0 Å². The number of hydrogen-bond acceptors (Lipinski definition) is 2. The molecule has 21 heavy (non-hydrogen) atoms. The number of aryl methyl sites for hydroxylation is 1. The average molecular weight is 340 g/mol. The molecule has 0 radical (unpaired) electrons. The highest BCUT2D eigenvalue weighted by Gasteiger charge is 2.16. The van der Waals surface area contributed by atoms with Crippen LogP contribution in [0.4, 0.5) is 5.69 Å². The maximum Gasteiger partial charge on any atom is 0.237 e. The largest absolute Gasteiger partial charge is 0.324 e. The van der Waals surface area contributed by atoms with E-state index in [1.54, 1.807) is 18.2 Å². The summed E-state index contributed by atoms with van der Waals surface area (Å²) in [5.74, 6) is -0.107. The van der Waals surface area contributed by atoms with Crippen LogP contribution in [-0.2, 0) is 4.79 Å². The zero-order valence-electron chi connectivity index (χ0n) is 11.7. The van der Waals surface area contributed by atoms with Gasteiger partial charge in [-0.25, -0.2) is 0 Å². The van der Waals surface area contributed by atoms with Crippen molar-refractivity contribution in [3.8, 4) is 0 Å². The summed E-state index contributed by atoms with van der Waals surface area (Å²) in [7, 11) is 0. The van der Waals surface area contributed by atoms with Crippen molar-refractivity contribution in [3.63, 3.8) is 0 Å². The van der Waals surface area contributed by atoms with Crippen molar-refractivity contribution in [2.75, 3.05) is 5.32 Å². The molecule has 1 amide bonds. The predicted octanol–water partition coefficient (Wildman–Crippen LogP) is 5.42. The summed E-state index contributed by atoms with van der Waals surface area (Å²) < 4.78 is 0. The van der Waals surface area contributed by atoms with Gasteiger partial charge in [0.15, 0.2) is 0 Å². The fourth-order valence-electron chi connectivity index (χ4n) is 1.71. The molecule has 2 rings (SSSR count). The van der Waals surface area contributed by atoms with E-state index >= 15 is 0 Å². The monoisotopic (exact) mass is 339 g/mol. The molecule has 0 aromatic heterocycles. The van der Waals surface area contributed by atoms with Gasteiger partial charge < -0.3 is 5.32 Å². The molecule has 1 unspecified atom stereocenters. The van der Waals surface area contributed by atoms with Crippen molar-refractivity contribution in [1.82, 2.24) is 0 Å². The van der Waals surface area contributed by atoms with Gasteiger partial charge >= 0.3 is 0 Å². The molecule has 5 heteroatoms. The first-order valence-corrected chi connectivity index (χ1v) is 8.09. The second-order valence-corrected chi connectivity index (χ2v) is 6.86. The van der Waals surface area contributed by atoms with Crippen molar-refractivity contribution in [3.05, 3.63) is 58.1 Å². The fraction of sp³-hybridized carbons (Fsp3) is 0.188. The maximum absolute atomic E-state index is 12.2. The maximum atomic E-state index is 12.2. The Kier molecular flexibility index (Phi) is 5.57. The fourth-order valence-corrected chi connectivity index (χ4v) is 2.92. The van der Waals surface area contributed by atoms with Gasteiger partial charge in [-0.05, 0) is 38.1 Å². The second-order valence-electron chi connectivity index (χ2n) is 4.66. The van der Waals surface area contributed by atoms with Gasteiger partial charge in [-0.15, -0.1) is 11.8 Å². The van der Waals surface area contributed by atoms with Gasteiger partial charge in [0.25, 0.3) is 0 Å². The highest BCUT2D eigenvalue weighted by atomic mass is 35.5. The molecule has 0 fully saturated rings. The van der Waals surface area contributed by atoms with Crippen LogP contribution in [0, 0.1) is 6.92 Å². The quantitative estimate of drug-likeness (QED) is 0.753. The summed E-state index contributed by atoms with van der Waals surface area (Å²) in [5, 5.41) is 3.36. The molecule has 0 saturated carbocycles. The molecule has 0 saturated heterocycles. The number of thioether (sulfide) groups is 1. The number of anilines is 1. The molecule has 1 N–H and O–H groups in total. The Morgan fingerprint density at radius 1 is 1.14 bits per heavy atom. The minimum absolute atomic E-state index is 0.107. The van der Waals surface area contributed by atoms with E-state index in [1.807, 2.05) is 38.1 Å². The molecule has 1 atom stereocenters. The van der Waals surface area contributed by atoms with E-state index in [-0.39, 0.29) is 11.2 Å². The molecule has 0 aliphatic heterocycles. The van der Waals surface area contributed by atoms with E-state index in [4.69, 9.17) is 23.2 Å². The van der Waals surface area contributed by atoms with E-state index < -0.39 is 0 Å². The minimum atomic E-state index is -0.234. The Hall–Kier alpha value is -1.16. The van der Waals surface area contributed by atoms with Crippen LogP contribution in [-0.4, -0.2) is 11.2 Å². The van der Waals surface area contributed by atoms with E-state index in [9.17, 15) is 4.79 Å². The van der Waals surface area contributed by atoms with Crippen molar-refractivity contribution in [2.45, 2.75) is 24.0 Å². The third-order valence-corrected chi connectivity index (χ3v) is 4.84. The van der Waals surface area contributed by atoms with Gasteiger partial charge in [0.2, 0.25) is 5.91 Å². The van der Waals surface area contributed by atoms with Crippen LogP contribution in [0.15, 0.2) is 47.4 Å². The topological polar surface area (TPSA) is 29.1 Å². The SMILES string of the molecule is Cc1ccc(SC(C)C(=O)Nc2cccc(Cl)c2Cl)cc1. The van der Waals surface area contributed by atoms with Gasteiger partial charge in [-0.1, -0.05) is 47.0 Å². The third kappa shape index (κ3) is 4.40. The number of benzene rings is 2. The van der Waals surface area contributed by atoms with Crippen LogP contribution in [0.3, 0.4) is 0 Å². The van der Waals surface area contributed by atoms with Crippen LogP contribution in [0.1, 0.15) is 12.5 Å². The third-order valence-electron chi connectivity index (χ3n) is 2.91. The Labute approximate surface area is 138 Å². The zero-order valence-corrected chi connectivity index (χ0v) is 14.0. The van der Waals surface area contributed by atoms with Crippen LogP contribution in [0.25, 0.3) is 0 Å². The summed E-state index contributed by atoms with van der Waals surface area (Å²) in [6.07, 6.45) is 0. The van der Waals surface area contributed by atoms with Gasteiger partial charge in [0.1, 0.15) is 0 Å². The first-order chi connectivity index (χ1) is 9.97. The number of halogens is 2. The summed E-state index contributed by atoms with van der Waals surface area (Å²) in [6.45, 7) is 3.89. The summed E-state index contributed by atoms with van der Waals surface area (Å²) in [5.41, 5.74) is 1.73. The number of carbonyl (C=O) groups excluding carboxylic acids is 1. The molecule has 2 aromatic rings. The number of amides is 1. The van der Waals surface area contributed by atoms with Gasteiger partial charge in [-0.3, -0.25) is 4.79 Å². The number of carbonyl (C=O) groups is 1. The van der Waals surface area contributed by atoms with Crippen molar-refractivity contribution >= 4 is 46.6 Å². The average Bonchev–Trinajstić information content (AvgIpc) is 2.46. The molecule has 2 aromatic carbocycles. The molecular formula is C16H15Cl2NOS. The Bertz CT molecular complexity index is 643. The first-order valence-electron chi connectivity index (χ1n) is 6.45. The molecule has 110 valence electrons. The second kappa shape index (κ2) is 7.21. The van der Waals surface area contributed by atoms with E-state index in [0.29, 0.717) is 15.7 Å². The molecule has 0 heterocycles. The standard InChI is InChI=1S/C16H15Cl2NOS/c1-10-6-8-12(9-7-10)21-11(2)16(20)19-14-5-3-4-13(17)15(14)18/h3-9,11H,1-2H3,(H,19,20). The smallest absolute Gasteiger partial charge is 0.237 e. The van der Waals surface area contributed by atoms with Crippen LogP contribution >= 0.6 is 35.0 Å². The molecule has 2 nitrogen and oxygen atoms in total. The van der Waals surface area contributed by atoms with E-state index in [1.165, 1.54) is 17.3 Å². The Balaban J connectivity index is 2.02. The number of hydrogen-bond donors (Lipinski definition) is 1. The van der Waals surface area contributed by atoms with Crippen molar-refractivity contribution < 1.29 is 4.79 Å². The highest BCUT2D eigenvalue weighted by Crippen LogP contribution is 2.31. The minimum Gasteiger partial charge on any atom is -0.324 e. The molecule has 0 aliphatic carbocycles. The van der Waals surface area contributed by atoms with E-state index in [2.05, 4.69) is 5.32 Å². The molecular weight excluding hydrogens is 325 g/mol. The van der Waals surface area contributed by atoms with Crippen LogP contribution in [0.5, 0.6) is 0 Å². The van der Waals surface area contributed by atoms with Crippen molar-refractivity contribution in [1.29, 1.82) is 0 Å². The van der Waals surface area contributed by atoms with E-state index in [0.717, 1.165) is 4.90 Å². The van der Waals surface area contributed by atoms with Gasteiger partial charge in [0, 0.05) is 4.90 Å². The lowest BCUT2D eigenvalue weighted by atomic mass is 10.2. The number of nitrogens with one attached hydrogen (secondary N) is 1. The number of rotatable bonds is 4. The lowest BCUT2D eigenvalue weighted by Gasteiger charge is -2.13. The predicted molar refractivity (Wildman–Crippen MR) is 91.6 cm³/mol. The lowest BCUT2D eigenvalue weighted by Crippen LogP contribution is -2.22. The highest BCUT2D eigenvalue weighted by molar-refractivity contribution is 8.00. The Morgan fingerprint density at radius 3 is 2.48 bits per heavy atom. The molecule has 0 aliphatic rings. The van der Waals surface area contributed by atoms with Gasteiger partial charge in [-0.2, -0.15) is 0 Å². The summed E-state index contributed by atoms with van der Waals surface area (Å²) in [6, 6.07) is 13.2. The zero-order chi connectivity index (χ0) is 15.4.